The molecule has 2 fully saturated rings. The maximum absolute atomic E-state index is 5.81. The van der Waals surface area contributed by atoms with Crippen LogP contribution in [-0.4, -0.2) is 24.8 Å². The van der Waals surface area contributed by atoms with Crippen molar-refractivity contribution in [2.45, 2.75) is 57.2 Å². The summed E-state index contributed by atoms with van der Waals surface area (Å²) in [7, 11) is 0. The van der Waals surface area contributed by atoms with Gasteiger partial charge in [0.25, 0.3) is 0 Å². The van der Waals surface area contributed by atoms with Crippen molar-refractivity contribution >= 4 is 0 Å². The molecule has 1 N–H and O–H groups in total. The van der Waals surface area contributed by atoms with Crippen LogP contribution in [0.1, 0.15) is 39.0 Å². The van der Waals surface area contributed by atoms with E-state index in [0.29, 0.717) is 18.2 Å². The quantitative estimate of drug-likeness (QED) is 0.679. The Bertz CT molecular complexity index is 213. The summed E-state index contributed by atoms with van der Waals surface area (Å²) < 4.78 is 5.81. The average Bonchev–Trinajstić information content (AvgIpc) is 2.97. The van der Waals surface area contributed by atoms with E-state index in [0.717, 1.165) is 18.9 Å². The summed E-state index contributed by atoms with van der Waals surface area (Å²) in [5, 5.41) is 3.71. The minimum absolute atomic E-state index is 0.510. The molecule has 0 aromatic rings. The Balaban J connectivity index is 1.74. The molecular formula is C13H23NO. The van der Waals surface area contributed by atoms with E-state index in [1.54, 1.807) is 0 Å². The summed E-state index contributed by atoms with van der Waals surface area (Å²) in [6, 6.07) is 1.20. The monoisotopic (exact) mass is 209 g/mol. The van der Waals surface area contributed by atoms with Gasteiger partial charge in [-0.2, -0.15) is 0 Å². The van der Waals surface area contributed by atoms with Crippen LogP contribution in [-0.2, 0) is 4.74 Å². The highest BCUT2D eigenvalue weighted by Gasteiger charge is 2.40. The van der Waals surface area contributed by atoms with Gasteiger partial charge in [-0.05, 0) is 44.9 Å². The molecule has 1 saturated heterocycles. The molecule has 2 rings (SSSR count). The lowest BCUT2D eigenvalue weighted by Crippen LogP contribution is -2.42. The van der Waals surface area contributed by atoms with E-state index in [-0.39, 0.29) is 0 Å². The topological polar surface area (TPSA) is 21.3 Å². The van der Waals surface area contributed by atoms with Crippen molar-refractivity contribution in [3.8, 4) is 0 Å². The Morgan fingerprint density at radius 2 is 2.27 bits per heavy atom. The number of ether oxygens (including phenoxy) is 1. The van der Waals surface area contributed by atoms with Crippen LogP contribution in [0.2, 0.25) is 0 Å². The fraction of sp³-hybridized carbons (Fsp3) is 0.846. The Hall–Kier alpha value is -0.340. The molecule has 15 heavy (non-hydrogen) atoms. The van der Waals surface area contributed by atoms with Gasteiger partial charge in [-0.3, -0.25) is 0 Å². The summed E-state index contributed by atoms with van der Waals surface area (Å²) in [5.74, 6) is 0.858. The first kappa shape index (κ1) is 11.2. The zero-order valence-corrected chi connectivity index (χ0v) is 9.74. The van der Waals surface area contributed by atoms with Crippen molar-refractivity contribution in [2.75, 3.05) is 6.61 Å². The van der Waals surface area contributed by atoms with Crippen molar-refractivity contribution < 1.29 is 4.74 Å². The number of hydrogen-bond donors (Lipinski definition) is 1. The van der Waals surface area contributed by atoms with E-state index in [1.165, 1.54) is 25.7 Å². The van der Waals surface area contributed by atoms with Crippen LogP contribution in [0.5, 0.6) is 0 Å². The first-order valence-electron chi connectivity index (χ1n) is 6.30. The summed E-state index contributed by atoms with van der Waals surface area (Å²) in [6.07, 6.45) is 8.76. The zero-order chi connectivity index (χ0) is 10.7. The lowest BCUT2D eigenvalue weighted by Gasteiger charge is -2.23. The predicted molar refractivity (Wildman–Crippen MR) is 62.9 cm³/mol. The Morgan fingerprint density at radius 1 is 1.47 bits per heavy atom. The van der Waals surface area contributed by atoms with Gasteiger partial charge in [-0.15, -0.1) is 6.58 Å². The highest BCUT2D eigenvalue weighted by atomic mass is 16.5. The fourth-order valence-corrected chi connectivity index (χ4v) is 2.50. The summed E-state index contributed by atoms with van der Waals surface area (Å²) >= 11 is 0. The first-order valence-corrected chi connectivity index (χ1v) is 6.30. The van der Waals surface area contributed by atoms with Gasteiger partial charge < -0.3 is 10.1 Å². The van der Waals surface area contributed by atoms with Gasteiger partial charge in [0, 0.05) is 18.7 Å². The maximum atomic E-state index is 5.81. The minimum Gasteiger partial charge on any atom is -0.376 e. The highest BCUT2D eigenvalue weighted by Crippen LogP contribution is 2.38. The summed E-state index contributed by atoms with van der Waals surface area (Å²) in [4.78, 5) is 0. The van der Waals surface area contributed by atoms with Crippen molar-refractivity contribution in [2.24, 2.45) is 5.92 Å². The van der Waals surface area contributed by atoms with E-state index in [9.17, 15) is 0 Å². The normalized spacial score (nSPS) is 32.9. The maximum Gasteiger partial charge on any atom is 0.0757 e. The SMILES string of the molecule is C=CCCC(C)NC1CCOC1C1CC1. The molecular weight excluding hydrogens is 186 g/mol. The van der Waals surface area contributed by atoms with Gasteiger partial charge in [0.2, 0.25) is 0 Å². The third kappa shape index (κ3) is 3.05. The molecule has 0 amide bonds. The smallest absolute Gasteiger partial charge is 0.0757 e. The molecule has 0 aromatic carbocycles. The van der Waals surface area contributed by atoms with Gasteiger partial charge in [-0.25, -0.2) is 0 Å². The van der Waals surface area contributed by atoms with Crippen molar-refractivity contribution in [1.29, 1.82) is 0 Å². The summed E-state index contributed by atoms with van der Waals surface area (Å²) in [6.45, 7) is 6.99. The standard InChI is InChI=1S/C13H23NO/c1-3-4-5-10(2)14-12-8-9-15-13(12)11-6-7-11/h3,10-14H,1,4-9H2,2H3. The zero-order valence-electron chi connectivity index (χ0n) is 9.74. The number of nitrogens with one attached hydrogen (secondary N) is 1. The van der Waals surface area contributed by atoms with Crippen LogP contribution in [0, 0.1) is 5.92 Å². The van der Waals surface area contributed by atoms with Crippen LogP contribution in [0.3, 0.4) is 0 Å². The molecule has 1 aliphatic carbocycles. The van der Waals surface area contributed by atoms with Crippen LogP contribution in [0.15, 0.2) is 12.7 Å². The van der Waals surface area contributed by atoms with Gasteiger partial charge in [0.05, 0.1) is 6.10 Å². The van der Waals surface area contributed by atoms with E-state index in [4.69, 9.17) is 4.74 Å². The molecule has 3 unspecified atom stereocenters. The van der Waals surface area contributed by atoms with Gasteiger partial charge in [-0.1, -0.05) is 6.08 Å². The predicted octanol–water partition coefficient (Wildman–Crippen LogP) is 2.50. The Morgan fingerprint density at radius 3 is 2.93 bits per heavy atom. The largest absolute Gasteiger partial charge is 0.376 e. The molecule has 2 nitrogen and oxygen atoms in total. The summed E-state index contributed by atoms with van der Waals surface area (Å²) in [5.41, 5.74) is 0. The van der Waals surface area contributed by atoms with Crippen LogP contribution >= 0.6 is 0 Å². The molecule has 0 radical (unpaired) electrons. The number of rotatable bonds is 6. The second kappa shape index (κ2) is 5.13. The van der Waals surface area contributed by atoms with Gasteiger partial charge in [0.1, 0.15) is 0 Å². The van der Waals surface area contributed by atoms with Gasteiger partial charge >= 0.3 is 0 Å². The van der Waals surface area contributed by atoms with Crippen molar-refractivity contribution in [3.63, 3.8) is 0 Å². The molecule has 1 aliphatic heterocycles. The molecule has 1 saturated carbocycles. The van der Waals surface area contributed by atoms with Crippen molar-refractivity contribution in [3.05, 3.63) is 12.7 Å². The van der Waals surface area contributed by atoms with Crippen molar-refractivity contribution in [1.82, 2.24) is 5.32 Å². The molecule has 86 valence electrons. The second-order valence-corrected chi connectivity index (χ2v) is 5.00. The molecule has 0 aromatic heterocycles. The third-order valence-corrected chi connectivity index (χ3v) is 3.52. The van der Waals surface area contributed by atoms with Crippen LogP contribution in [0.25, 0.3) is 0 Å². The average molecular weight is 209 g/mol. The molecule has 0 spiro atoms. The third-order valence-electron chi connectivity index (χ3n) is 3.52. The number of hydrogen-bond acceptors (Lipinski definition) is 2. The van der Waals surface area contributed by atoms with Crippen LogP contribution < -0.4 is 5.32 Å². The minimum atomic E-state index is 0.510. The van der Waals surface area contributed by atoms with Crippen LogP contribution in [0.4, 0.5) is 0 Å². The lowest BCUT2D eigenvalue weighted by molar-refractivity contribution is 0.0791. The lowest BCUT2D eigenvalue weighted by atomic mass is 10.0. The Kier molecular flexibility index (Phi) is 3.81. The molecule has 2 heteroatoms. The first-order chi connectivity index (χ1) is 7.31. The van der Waals surface area contributed by atoms with Gasteiger partial charge in [0.15, 0.2) is 0 Å². The van der Waals surface area contributed by atoms with E-state index >= 15 is 0 Å². The van der Waals surface area contributed by atoms with E-state index in [2.05, 4.69) is 18.8 Å². The van der Waals surface area contributed by atoms with E-state index in [1.807, 2.05) is 6.08 Å². The highest BCUT2D eigenvalue weighted by molar-refractivity contribution is 4.94. The number of allylic oxidation sites excluding steroid dienone is 1. The molecule has 2 aliphatic rings. The molecule has 3 atom stereocenters. The Labute approximate surface area is 93.1 Å². The molecule has 0 bridgehead atoms. The fourth-order valence-electron chi connectivity index (χ4n) is 2.50. The molecule has 1 heterocycles. The van der Waals surface area contributed by atoms with E-state index < -0.39 is 0 Å². The second-order valence-electron chi connectivity index (χ2n) is 5.00.